The van der Waals surface area contributed by atoms with E-state index < -0.39 is 16.9 Å². The highest BCUT2D eigenvalue weighted by Crippen LogP contribution is 2.32. The topological polar surface area (TPSA) is 104 Å². The Hall–Kier alpha value is -3.37. The molecule has 10 heteroatoms. The number of carbonyl (C=O) groups is 1. The summed E-state index contributed by atoms with van der Waals surface area (Å²) in [4.78, 5) is 41.7. The van der Waals surface area contributed by atoms with Gasteiger partial charge in [0, 0.05) is 16.6 Å². The number of nitro benzene ring substituents is 1. The second-order valence-electron chi connectivity index (χ2n) is 6.98. The number of fused-ring (bicyclic) bond motifs is 1. The largest absolute Gasteiger partial charge is 0.466 e. The summed E-state index contributed by atoms with van der Waals surface area (Å²) in [5, 5.41) is 11.3. The minimum Gasteiger partial charge on any atom is -0.466 e. The Morgan fingerprint density at radius 1 is 1.28 bits per heavy atom. The van der Waals surface area contributed by atoms with Crippen molar-refractivity contribution in [1.82, 2.24) is 4.57 Å². The third-order valence-electron chi connectivity index (χ3n) is 4.97. The highest BCUT2D eigenvalue weighted by molar-refractivity contribution is 9.10. The van der Waals surface area contributed by atoms with E-state index in [0.717, 1.165) is 10.0 Å². The molecule has 2 heterocycles. The van der Waals surface area contributed by atoms with Crippen molar-refractivity contribution in [2.75, 3.05) is 7.11 Å². The Morgan fingerprint density at radius 2 is 2.03 bits per heavy atom. The van der Waals surface area contributed by atoms with Crippen LogP contribution < -0.4 is 14.9 Å². The zero-order valence-electron chi connectivity index (χ0n) is 16.9. The molecule has 1 aliphatic heterocycles. The number of allylic oxidation sites excluding steroid dienone is 1. The minimum absolute atomic E-state index is 0.141. The zero-order valence-corrected chi connectivity index (χ0v) is 19.3. The maximum Gasteiger partial charge on any atom is 0.338 e. The summed E-state index contributed by atoms with van der Waals surface area (Å²) < 4.78 is 7.64. The van der Waals surface area contributed by atoms with Gasteiger partial charge in [0.2, 0.25) is 0 Å². The van der Waals surface area contributed by atoms with Gasteiger partial charge in [-0.05, 0) is 36.3 Å². The molecule has 1 atom stereocenters. The summed E-state index contributed by atoms with van der Waals surface area (Å²) >= 11 is 4.61. The molecule has 3 aromatic rings. The molecule has 0 fully saturated rings. The average molecular weight is 514 g/mol. The number of non-ortho nitro benzene ring substituents is 1. The first-order valence-electron chi connectivity index (χ1n) is 9.41. The molecule has 0 aliphatic carbocycles. The van der Waals surface area contributed by atoms with Gasteiger partial charge in [0.25, 0.3) is 11.2 Å². The number of hydrogen-bond acceptors (Lipinski definition) is 7. The molecule has 1 aliphatic rings. The second-order valence-corrected chi connectivity index (χ2v) is 8.91. The van der Waals surface area contributed by atoms with Gasteiger partial charge in [0.15, 0.2) is 4.80 Å². The SMILES string of the molecule is COC(=O)C1=C(C)N=c2sc(=Cc3cccc(Br)c3)c(=O)n2C1c1cccc([N+](=O)[O-])c1. The lowest BCUT2D eigenvalue weighted by molar-refractivity contribution is -0.384. The lowest BCUT2D eigenvalue weighted by Gasteiger charge is -2.24. The zero-order chi connectivity index (χ0) is 23.0. The summed E-state index contributed by atoms with van der Waals surface area (Å²) in [6.07, 6.45) is 1.75. The van der Waals surface area contributed by atoms with Crippen molar-refractivity contribution in [1.29, 1.82) is 0 Å². The molecule has 0 spiro atoms. The number of hydrogen-bond donors (Lipinski definition) is 0. The predicted octanol–water partition coefficient (Wildman–Crippen LogP) is 3.08. The van der Waals surface area contributed by atoms with Crippen LogP contribution in [0, 0.1) is 10.1 Å². The number of rotatable bonds is 4. The molecule has 162 valence electrons. The molecule has 0 saturated carbocycles. The van der Waals surface area contributed by atoms with Crippen LogP contribution in [0.4, 0.5) is 5.69 Å². The highest BCUT2D eigenvalue weighted by atomic mass is 79.9. The number of benzene rings is 2. The number of halogens is 1. The molecule has 0 radical (unpaired) electrons. The van der Waals surface area contributed by atoms with Crippen LogP contribution in [-0.4, -0.2) is 22.6 Å². The van der Waals surface area contributed by atoms with Crippen molar-refractivity contribution < 1.29 is 14.5 Å². The summed E-state index contributed by atoms with van der Waals surface area (Å²) in [6, 6.07) is 12.5. The molecule has 4 rings (SSSR count). The van der Waals surface area contributed by atoms with E-state index in [1.54, 1.807) is 19.1 Å². The van der Waals surface area contributed by atoms with Gasteiger partial charge < -0.3 is 4.74 Å². The molecular formula is C22H16BrN3O5S. The van der Waals surface area contributed by atoms with Crippen molar-refractivity contribution in [3.63, 3.8) is 0 Å². The summed E-state index contributed by atoms with van der Waals surface area (Å²) in [6.45, 7) is 1.65. The van der Waals surface area contributed by atoms with Crippen LogP contribution in [0.2, 0.25) is 0 Å². The van der Waals surface area contributed by atoms with Gasteiger partial charge in [-0.2, -0.15) is 0 Å². The third kappa shape index (κ3) is 3.94. The second kappa shape index (κ2) is 8.64. The Labute approximate surface area is 194 Å². The van der Waals surface area contributed by atoms with Crippen LogP contribution in [0.5, 0.6) is 0 Å². The van der Waals surface area contributed by atoms with E-state index in [0.29, 0.717) is 20.6 Å². The molecule has 32 heavy (non-hydrogen) atoms. The van der Waals surface area contributed by atoms with Crippen molar-refractivity contribution in [3.05, 3.63) is 105 Å². The van der Waals surface area contributed by atoms with Gasteiger partial charge in [-0.3, -0.25) is 19.5 Å². The molecule has 1 aromatic heterocycles. The fraction of sp³-hybridized carbons (Fsp3) is 0.136. The molecule has 0 amide bonds. The van der Waals surface area contributed by atoms with Gasteiger partial charge in [0.05, 0.1) is 33.9 Å². The van der Waals surface area contributed by atoms with E-state index in [4.69, 9.17) is 4.74 Å². The number of nitrogens with zero attached hydrogens (tertiary/aromatic N) is 3. The lowest BCUT2D eigenvalue weighted by atomic mass is 9.95. The van der Waals surface area contributed by atoms with E-state index in [-0.39, 0.29) is 16.8 Å². The number of ether oxygens (including phenoxy) is 1. The van der Waals surface area contributed by atoms with Crippen LogP contribution >= 0.6 is 27.3 Å². The smallest absolute Gasteiger partial charge is 0.338 e. The van der Waals surface area contributed by atoms with Crippen LogP contribution in [0.25, 0.3) is 6.08 Å². The van der Waals surface area contributed by atoms with Crippen LogP contribution in [0.3, 0.4) is 0 Å². The van der Waals surface area contributed by atoms with Gasteiger partial charge in [-0.1, -0.05) is 51.5 Å². The van der Waals surface area contributed by atoms with Gasteiger partial charge in [-0.15, -0.1) is 0 Å². The van der Waals surface area contributed by atoms with Crippen LogP contribution in [-0.2, 0) is 9.53 Å². The Bertz CT molecular complexity index is 1470. The van der Waals surface area contributed by atoms with Gasteiger partial charge >= 0.3 is 5.97 Å². The van der Waals surface area contributed by atoms with Crippen LogP contribution in [0.15, 0.2) is 74.1 Å². The van der Waals surface area contributed by atoms with E-state index in [1.807, 2.05) is 24.3 Å². The van der Waals surface area contributed by atoms with Gasteiger partial charge in [-0.25, -0.2) is 9.79 Å². The first-order chi connectivity index (χ1) is 15.3. The minimum atomic E-state index is -0.900. The lowest BCUT2D eigenvalue weighted by Crippen LogP contribution is -2.39. The molecule has 2 aromatic carbocycles. The summed E-state index contributed by atoms with van der Waals surface area (Å²) in [7, 11) is 1.24. The van der Waals surface area contributed by atoms with E-state index >= 15 is 0 Å². The number of methoxy groups -OCH3 is 1. The Balaban J connectivity index is 1.99. The molecule has 0 saturated heterocycles. The molecule has 1 unspecified atom stereocenters. The quantitative estimate of drug-likeness (QED) is 0.303. The summed E-state index contributed by atoms with van der Waals surface area (Å²) in [5.41, 5.74) is 1.30. The maximum absolute atomic E-state index is 13.4. The molecule has 0 bridgehead atoms. The van der Waals surface area contributed by atoms with Crippen molar-refractivity contribution in [3.8, 4) is 0 Å². The molecule has 0 N–H and O–H groups in total. The summed E-state index contributed by atoms with van der Waals surface area (Å²) in [5.74, 6) is -0.649. The first-order valence-corrected chi connectivity index (χ1v) is 11.0. The van der Waals surface area contributed by atoms with Crippen LogP contribution in [0.1, 0.15) is 24.1 Å². The van der Waals surface area contributed by atoms with Gasteiger partial charge in [0.1, 0.15) is 0 Å². The monoisotopic (exact) mass is 513 g/mol. The van der Waals surface area contributed by atoms with Crippen molar-refractivity contribution in [2.45, 2.75) is 13.0 Å². The fourth-order valence-electron chi connectivity index (χ4n) is 3.56. The van der Waals surface area contributed by atoms with E-state index in [1.165, 1.54) is 41.2 Å². The number of aromatic nitrogens is 1. The van der Waals surface area contributed by atoms with E-state index in [2.05, 4.69) is 20.9 Å². The first kappa shape index (κ1) is 21.8. The number of carbonyl (C=O) groups excluding carboxylic acids is 1. The number of thiazole rings is 1. The molecular weight excluding hydrogens is 498 g/mol. The van der Waals surface area contributed by atoms with E-state index in [9.17, 15) is 19.7 Å². The highest BCUT2D eigenvalue weighted by Gasteiger charge is 2.33. The fourth-order valence-corrected chi connectivity index (χ4v) is 5.03. The Kier molecular flexibility index (Phi) is 5.90. The van der Waals surface area contributed by atoms with Crippen molar-refractivity contribution >= 4 is 45.0 Å². The normalized spacial score (nSPS) is 15.8. The third-order valence-corrected chi connectivity index (χ3v) is 6.45. The maximum atomic E-state index is 13.4. The average Bonchev–Trinajstić information content (AvgIpc) is 3.06. The number of esters is 1. The number of nitro groups is 1. The van der Waals surface area contributed by atoms with Crippen molar-refractivity contribution in [2.24, 2.45) is 4.99 Å². The standard InChI is InChI=1S/C22H16BrN3O5S/c1-12-18(21(28)31-2)19(14-6-4-8-16(11-14)26(29)30)25-20(27)17(32-22(25)24-12)10-13-5-3-7-15(23)9-13/h3-11,19H,1-2H3. The predicted molar refractivity (Wildman–Crippen MR) is 123 cm³/mol. The Morgan fingerprint density at radius 3 is 2.72 bits per heavy atom. The molecule has 8 nitrogen and oxygen atoms in total.